The fourth-order valence-corrected chi connectivity index (χ4v) is 6.81. The fourth-order valence-electron chi connectivity index (χ4n) is 6.68. The summed E-state index contributed by atoms with van der Waals surface area (Å²) in [5.74, 6) is 1.17. The van der Waals surface area contributed by atoms with E-state index < -0.39 is 6.04 Å². The Labute approximate surface area is 327 Å². The Morgan fingerprint density at radius 1 is 0.768 bits per heavy atom. The van der Waals surface area contributed by atoms with Crippen molar-refractivity contribution in [3.63, 3.8) is 0 Å². The number of nitrogens with one attached hydrogen (secondary N) is 1. The second-order valence-corrected chi connectivity index (χ2v) is 15.2. The van der Waals surface area contributed by atoms with E-state index in [9.17, 15) is 28.8 Å². The van der Waals surface area contributed by atoms with Crippen LogP contribution in [0.2, 0.25) is 5.02 Å². The van der Waals surface area contributed by atoms with Crippen molar-refractivity contribution in [3.8, 4) is 5.69 Å². The van der Waals surface area contributed by atoms with Gasteiger partial charge >= 0.3 is 17.4 Å². The molecule has 0 radical (unpaired) electrons. The highest BCUT2D eigenvalue weighted by atomic mass is 35.5. The Bertz CT molecular complexity index is 2560. The minimum atomic E-state index is -0.420. The molecule has 7 rings (SSSR count). The molecule has 3 amide bonds. The van der Waals surface area contributed by atoms with Gasteiger partial charge in [0.05, 0.1) is 24.2 Å². The zero-order chi connectivity index (χ0) is 41.3. The van der Waals surface area contributed by atoms with Crippen molar-refractivity contribution in [1.82, 2.24) is 52.5 Å². The minimum absolute atomic E-state index is 0.208. The van der Waals surface area contributed by atoms with Crippen molar-refractivity contribution in [2.45, 2.75) is 73.3 Å². The molecule has 0 spiro atoms. The van der Waals surface area contributed by atoms with Crippen molar-refractivity contribution < 1.29 is 9.59 Å². The van der Waals surface area contributed by atoms with Gasteiger partial charge in [-0.2, -0.15) is 0 Å². The molecule has 56 heavy (non-hydrogen) atoms. The van der Waals surface area contributed by atoms with Crippen molar-refractivity contribution in [1.29, 1.82) is 0 Å². The second-order valence-electron chi connectivity index (χ2n) is 14.7. The number of aliphatic imine (C=N–C) groups is 1. The molecule has 6 heterocycles. The van der Waals surface area contributed by atoms with Gasteiger partial charge < -0.3 is 14.5 Å². The van der Waals surface area contributed by atoms with Crippen LogP contribution in [0.1, 0.15) is 48.0 Å². The highest BCUT2D eigenvalue weighted by molar-refractivity contribution is 6.30. The first-order valence-corrected chi connectivity index (χ1v) is 18.7. The molecular weight excluding hydrogens is 744 g/mol. The lowest BCUT2D eigenvalue weighted by molar-refractivity contribution is -0.133. The molecule has 2 unspecified atom stereocenters. The Balaban J connectivity index is 0.000000163. The zero-order valence-electron chi connectivity index (χ0n) is 33.3. The summed E-state index contributed by atoms with van der Waals surface area (Å²) in [5, 5.41) is 3.61. The van der Waals surface area contributed by atoms with Crippen molar-refractivity contribution in [2.75, 3.05) is 13.6 Å². The van der Waals surface area contributed by atoms with Gasteiger partial charge in [-0.05, 0) is 49.4 Å². The van der Waals surface area contributed by atoms with Crippen molar-refractivity contribution in [2.24, 2.45) is 38.0 Å². The number of nitrogens with zero attached hydrogens (tertiary/aromatic N) is 11. The number of hydrogen-bond donors (Lipinski definition) is 1. The lowest BCUT2D eigenvalue weighted by Crippen LogP contribution is -2.64. The SMILES string of the molecule is CC(C)Cn1c(=O)n(C)c(=O)c2ncn(C)c21.CC1=NC2C(N1)C(=O)N(C)C(=O)N2CC(C)C.CCCn1c(=O)c2ncn(C)c2n(-c2ccc(Cl)cc2)c1=O. The largest absolute Gasteiger partial charge is 0.359 e. The maximum absolute atomic E-state index is 12.8. The van der Waals surface area contributed by atoms with Gasteiger partial charge in [0, 0.05) is 52.8 Å². The van der Waals surface area contributed by atoms with E-state index in [0.29, 0.717) is 71.2 Å². The molecule has 0 bridgehead atoms. The van der Waals surface area contributed by atoms with Crippen LogP contribution in [0.3, 0.4) is 0 Å². The number of aryl methyl sites for hydroxylation is 2. The topological polar surface area (TPSA) is 189 Å². The molecule has 4 aromatic heterocycles. The predicted molar refractivity (Wildman–Crippen MR) is 214 cm³/mol. The highest BCUT2D eigenvalue weighted by Crippen LogP contribution is 2.23. The fraction of sp³-hybridized carbons (Fsp3) is 0.486. The van der Waals surface area contributed by atoms with Crippen molar-refractivity contribution in [3.05, 3.63) is 83.6 Å². The summed E-state index contributed by atoms with van der Waals surface area (Å²) in [5.41, 5.74) is 0.980. The molecule has 1 saturated heterocycles. The van der Waals surface area contributed by atoms with Gasteiger partial charge in [0.2, 0.25) is 0 Å². The van der Waals surface area contributed by atoms with Crippen LogP contribution in [-0.4, -0.2) is 90.7 Å². The van der Waals surface area contributed by atoms with Crippen LogP contribution in [0.25, 0.3) is 28.0 Å². The third-order valence-electron chi connectivity index (χ3n) is 9.25. The Morgan fingerprint density at radius 3 is 1.91 bits per heavy atom. The normalized spacial score (nSPS) is 16.6. The van der Waals surface area contributed by atoms with E-state index in [-0.39, 0.29) is 46.1 Å². The first-order chi connectivity index (χ1) is 26.4. The van der Waals surface area contributed by atoms with E-state index in [4.69, 9.17) is 11.6 Å². The van der Waals surface area contributed by atoms with Crippen LogP contribution in [0, 0.1) is 11.8 Å². The van der Waals surface area contributed by atoms with E-state index in [2.05, 4.69) is 20.3 Å². The smallest absolute Gasteiger partial charge is 0.337 e. The molecular formula is C37H49ClN12O6. The van der Waals surface area contributed by atoms with E-state index in [1.807, 2.05) is 41.5 Å². The maximum atomic E-state index is 12.8. The number of rotatable bonds is 7. The molecule has 19 heteroatoms. The Kier molecular flexibility index (Phi) is 12.2. The maximum Gasteiger partial charge on any atom is 0.337 e. The molecule has 1 N–H and O–H groups in total. The predicted octanol–water partition coefficient (Wildman–Crippen LogP) is 2.29. The molecule has 300 valence electrons. The highest BCUT2D eigenvalue weighted by Gasteiger charge is 2.47. The van der Waals surface area contributed by atoms with Gasteiger partial charge in [0.25, 0.3) is 17.0 Å². The Hall–Kier alpha value is -5.78. The Morgan fingerprint density at radius 2 is 1.34 bits per heavy atom. The quantitative estimate of drug-likeness (QED) is 0.258. The number of amidine groups is 1. The van der Waals surface area contributed by atoms with Gasteiger partial charge in [0.15, 0.2) is 22.8 Å². The number of imidazole rings is 2. The van der Waals surface area contributed by atoms with Gasteiger partial charge in [-0.25, -0.2) is 33.9 Å². The molecule has 5 aromatic rings. The van der Waals surface area contributed by atoms with Gasteiger partial charge in [0.1, 0.15) is 11.7 Å². The monoisotopic (exact) mass is 792 g/mol. The van der Waals surface area contributed by atoms with Gasteiger partial charge in [-0.1, -0.05) is 46.2 Å². The number of amides is 3. The van der Waals surface area contributed by atoms with Crippen LogP contribution in [0.15, 0.2) is 61.1 Å². The molecule has 1 fully saturated rings. The van der Waals surface area contributed by atoms with Crippen LogP contribution in [0.4, 0.5) is 4.79 Å². The standard InChI is InChI=1S/C15H15ClN4O2.C11H16N4O2.C11H18N4O2/c1-3-8-19-14(21)12-13(18(2)9-17-12)20(15(19)22)11-6-4-10(16)5-7-11;1-7(2)5-15-9-8(12-6-13(9)3)10(16)14(4)11(15)17;1-6(2)5-15-9-8(12-7(3)13-9)10(16)14(4)11(15)17/h4-7,9H,3,8H2,1-2H3;6-7H,5H2,1-4H3;6,8-9H,5H2,1-4H3,(H,12,13). The molecule has 0 aliphatic carbocycles. The number of urea groups is 1. The number of carbonyl (C=O) groups excluding carboxylic acids is 2. The summed E-state index contributed by atoms with van der Waals surface area (Å²) in [6, 6.07) is 6.23. The molecule has 18 nitrogen and oxygen atoms in total. The van der Waals surface area contributed by atoms with Crippen LogP contribution in [-0.2, 0) is 39.0 Å². The molecule has 2 aliphatic rings. The lowest BCUT2D eigenvalue weighted by Gasteiger charge is -2.39. The summed E-state index contributed by atoms with van der Waals surface area (Å²) >= 11 is 5.91. The van der Waals surface area contributed by atoms with Crippen molar-refractivity contribution >= 4 is 51.7 Å². The number of imide groups is 1. The summed E-state index contributed by atoms with van der Waals surface area (Å²) in [6.45, 7) is 13.4. The summed E-state index contributed by atoms with van der Waals surface area (Å²) in [7, 11) is 6.54. The lowest BCUT2D eigenvalue weighted by atomic mass is 10.1. The second kappa shape index (κ2) is 16.5. The zero-order valence-corrected chi connectivity index (χ0v) is 34.1. The number of fused-ring (bicyclic) bond motifs is 3. The number of likely N-dealkylation sites (N-methyl/N-ethyl adjacent to an activating group) is 1. The first kappa shape index (κ1) is 41.4. The summed E-state index contributed by atoms with van der Waals surface area (Å²) in [4.78, 5) is 88.6. The molecule has 2 aliphatic heterocycles. The summed E-state index contributed by atoms with van der Waals surface area (Å²) in [6.07, 6.45) is 3.40. The molecule has 1 aromatic carbocycles. The van der Waals surface area contributed by atoms with Crippen LogP contribution < -0.4 is 27.8 Å². The molecule has 0 saturated carbocycles. The summed E-state index contributed by atoms with van der Waals surface area (Å²) < 4.78 is 8.81. The number of benzene rings is 1. The van der Waals surface area contributed by atoms with E-state index in [1.165, 1.54) is 34.5 Å². The van der Waals surface area contributed by atoms with E-state index in [1.54, 1.807) is 63.3 Å². The number of carbonyl (C=O) groups is 2. The average Bonchev–Trinajstić information content (AvgIpc) is 3.86. The molecule has 2 atom stereocenters. The number of halogens is 1. The van der Waals surface area contributed by atoms with Crippen LogP contribution in [0.5, 0.6) is 0 Å². The van der Waals surface area contributed by atoms with Crippen LogP contribution >= 0.6 is 11.6 Å². The number of aromatic nitrogens is 8. The van der Waals surface area contributed by atoms with E-state index >= 15 is 0 Å². The third kappa shape index (κ3) is 7.82. The average molecular weight is 793 g/mol. The van der Waals surface area contributed by atoms with Gasteiger partial charge in [-0.3, -0.25) is 37.9 Å². The minimum Gasteiger partial charge on any atom is -0.359 e. The number of hydrogen-bond acceptors (Lipinski definition) is 10. The third-order valence-corrected chi connectivity index (χ3v) is 9.50. The first-order valence-electron chi connectivity index (χ1n) is 18.3. The van der Waals surface area contributed by atoms with Gasteiger partial charge in [-0.15, -0.1) is 0 Å². The van der Waals surface area contributed by atoms with E-state index in [0.717, 1.165) is 4.57 Å².